The van der Waals surface area contributed by atoms with Crippen molar-refractivity contribution in [3.05, 3.63) is 47.8 Å². The van der Waals surface area contributed by atoms with E-state index in [0.717, 1.165) is 50.3 Å². The minimum atomic E-state index is 0.106. The van der Waals surface area contributed by atoms with Crippen molar-refractivity contribution in [2.24, 2.45) is 11.8 Å². The van der Waals surface area contributed by atoms with Gasteiger partial charge in [-0.3, -0.25) is 14.4 Å². The number of amides is 1. The molecule has 0 radical (unpaired) electrons. The minimum Gasteiger partial charge on any atom is -0.352 e. The molecule has 7 nitrogen and oxygen atoms in total. The number of piperidine rings is 3. The van der Waals surface area contributed by atoms with E-state index in [4.69, 9.17) is 0 Å². The van der Waals surface area contributed by atoms with E-state index in [1.165, 1.54) is 0 Å². The van der Waals surface area contributed by atoms with Crippen LogP contribution in [0.25, 0.3) is 0 Å². The van der Waals surface area contributed by atoms with Crippen molar-refractivity contribution in [2.45, 2.75) is 38.5 Å². The zero-order chi connectivity index (χ0) is 18.6. The number of rotatable bonds is 7. The van der Waals surface area contributed by atoms with E-state index in [2.05, 4.69) is 25.8 Å². The molecule has 5 rings (SSSR count). The number of hydrogen-bond donors (Lipinski definition) is 2. The van der Waals surface area contributed by atoms with Crippen LogP contribution < -0.4 is 10.6 Å². The molecule has 144 valence electrons. The summed E-state index contributed by atoms with van der Waals surface area (Å²) in [7, 11) is 1.91. The smallest absolute Gasteiger partial charge is 0.224 e. The number of carbonyl (C=O) groups is 1. The first-order valence-corrected chi connectivity index (χ1v) is 9.82. The Balaban J connectivity index is 1.32. The summed E-state index contributed by atoms with van der Waals surface area (Å²) in [5, 5.41) is 14.7. The second-order valence-corrected chi connectivity index (χ2v) is 7.71. The van der Waals surface area contributed by atoms with Gasteiger partial charge in [-0.2, -0.15) is 0 Å². The zero-order valence-corrected chi connectivity index (χ0v) is 15.8. The largest absolute Gasteiger partial charge is 0.352 e. The Hall–Kier alpha value is -2.25. The van der Waals surface area contributed by atoms with Crippen LogP contribution in [0.5, 0.6) is 0 Å². The molecule has 1 amide bonds. The fourth-order valence-corrected chi connectivity index (χ4v) is 4.45. The average Bonchev–Trinajstić information content (AvgIpc) is 3.14. The Morgan fingerprint density at radius 3 is 2.85 bits per heavy atom. The number of fused-ring (bicyclic) bond motifs is 3. The summed E-state index contributed by atoms with van der Waals surface area (Å²) in [5.74, 6) is 0.773. The van der Waals surface area contributed by atoms with E-state index in [1.54, 1.807) is 0 Å². The Morgan fingerprint density at radius 2 is 2.11 bits per heavy atom. The molecular weight excluding hydrogens is 340 g/mol. The predicted molar refractivity (Wildman–Crippen MR) is 103 cm³/mol. The van der Waals surface area contributed by atoms with Crippen molar-refractivity contribution >= 4 is 5.91 Å². The summed E-state index contributed by atoms with van der Waals surface area (Å²) in [5.41, 5.74) is 2.11. The van der Waals surface area contributed by atoms with Gasteiger partial charge in [-0.05, 0) is 37.9 Å². The number of nitrogens with zero attached hydrogens (tertiary/aromatic N) is 4. The third-order valence-corrected chi connectivity index (χ3v) is 5.87. The summed E-state index contributed by atoms with van der Waals surface area (Å²) < 4.78 is 1.95. The molecule has 3 fully saturated rings. The van der Waals surface area contributed by atoms with Crippen LogP contribution in [0.3, 0.4) is 0 Å². The van der Waals surface area contributed by atoms with Gasteiger partial charge in [0.15, 0.2) is 0 Å². The summed E-state index contributed by atoms with van der Waals surface area (Å²) in [4.78, 5) is 15.2. The fourth-order valence-electron chi connectivity index (χ4n) is 4.45. The van der Waals surface area contributed by atoms with Crippen LogP contribution in [0.15, 0.2) is 36.5 Å². The molecule has 3 aliphatic heterocycles. The van der Waals surface area contributed by atoms with Gasteiger partial charge in [0.25, 0.3) is 0 Å². The maximum Gasteiger partial charge on any atom is 0.224 e. The molecule has 0 saturated carbocycles. The molecule has 7 heteroatoms. The van der Waals surface area contributed by atoms with Crippen LogP contribution in [-0.4, -0.2) is 52.0 Å². The fraction of sp³-hybridized carbons (Fsp3) is 0.550. The lowest BCUT2D eigenvalue weighted by molar-refractivity contribution is -0.133. The van der Waals surface area contributed by atoms with Crippen LogP contribution in [0.4, 0.5) is 0 Å². The van der Waals surface area contributed by atoms with E-state index in [0.29, 0.717) is 18.5 Å². The Labute approximate surface area is 160 Å². The molecule has 0 aliphatic carbocycles. The third-order valence-electron chi connectivity index (χ3n) is 5.87. The van der Waals surface area contributed by atoms with Crippen molar-refractivity contribution < 1.29 is 4.79 Å². The number of aromatic nitrogens is 3. The number of hydrogen-bond acceptors (Lipinski definition) is 5. The highest BCUT2D eigenvalue weighted by atomic mass is 16.1. The SMILES string of the molecule is CNCc1cn(CC2CC3CCN2CC3C(=O)NCc2ccccc2)nn1. The van der Waals surface area contributed by atoms with Crippen LogP contribution >= 0.6 is 0 Å². The molecule has 2 bridgehead atoms. The van der Waals surface area contributed by atoms with Crippen molar-refractivity contribution in [3.8, 4) is 0 Å². The van der Waals surface area contributed by atoms with Gasteiger partial charge in [0.2, 0.25) is 5.91 Å². The van der Waals surface area contributed by atoms with E-state index in [-0.39, 0.29) is 11.8 Å². The van der Waals surface area contributed by atoms with E-state index < -0.39 is 0 Å². The molecule has 4 heterocycles. The number of carbonyl (C=O) groups excluding carboxylic acids is 1. The van der Waals surface area contributed by atoms with Gasteiger partial charge in [-0.1, -0.05) is 35.5 Å². The monoisotopic (exact) mass is 368 g/mol. The maximum atomic E-state index is 12.7. The van der Waals surface area contributed by atoms with E-state index in [9.17, 15) is 4.79 Å². The van der Waals surface area contributed by atoms with Crippen LogP contribution in [0, 0.1) is 11.8 Å². The molecule has 4 unspecified atom stereocenters. The second kappa shape index (κ2) is 8.19. The quantitative estimate of drug-likeness (QED) is 0.763. The lowest BCUT2D eigenvalue weighted by Gasteiger charge is -2.49. The third kappa shape index (κ3) is 4.20. The molecular formula is C20H28N6O. The van der Waals surface area contributed by atoms with Crippen molar-refractivity contribution in [2.75, 3.05) is 20.1 Å². The van der Waals surface area contributed by atoms with E-state index in [1.807, 2.05) is 48.3 Å². The summed E-state index contributed by atoms with van der Waals surface area (Å²) in [6.45, 7) is 4.13. The van der Waals surface area contributed by atoms with Crippen LogP contribution in [0.2, 0.25) is 0 Å². The Kier molecular flexibility index (Phi) is 5.50. The topological polar surface area (TPSA) is 75.1 Å². The van der Waals surface area contributed by atoms with Gasteiger partial charge in [-0.25, -0.2) is 0 Å². The highest BCUT2D eigenvalue weighted by molar-refractivity contribution is 5.79. The number of nitrogens with one attached hydrogen (secondary N) is 2. The summed E-state index contributed by atoms with van der Waals surface area (Å²) >= 11 is 0. The molecule has 3 aliphatic rings. The molecule has 2 N–H and O–H groups in total. The van der Waals surface area contributed by atoms with Gasteiger partial charge in [-0.15, -0.1) is 5.10 Å². The van der Waals surface area contributed by atoms with Crippen molar-refractivity contribution in [1.29, 1.82) is 0 Å². The van der Waals surface area contributed by atoms with Crippen molar-refractivity contribution in [1.82, 2.24) is 30.5 Å². The maximum absolute atomic E-state index is 12.7. The van der Waals surface area contributed by atoms with Gasteiger partial charge >= 0.3 is 0 Å². The molecule has 4 atom stereocenters. The summed E-state index contributed by atoms with van der Waals surface area (Å²) in [6, 6.07) is 10.6. The first-order valence-electron chi connectivity index (χ1n) is 9.82. The van der Waals surface area contributed by atoms with Gasteiger partial charge < -0.3 is 10.6 Å². The minimum absolute atomic E-state index is 0.106. The molecule has 2 aromatic rings. The molecule has 1 aromatic heterocycles. The molecule has 0 spiro atoms. The first-order chi connectivity index (χ1) is 13.2. The predicted octanol–water partition coefficient (Wildman–Crippen LogP) is 1.02. The lowest BCUT2D eigenvalue weighted by Crippen LogP contribution is -2.58. The summed E-state index contributed by atoms with van der Waals surface area (Å²) in [6.07, 6.45) is 4.19. The normalized spacial score (nSPS) is 26.9. The highest BCUT2D eigenvalue weighted by Crippen LogP contribution is 2.36. The van der Waals surface area contributed by atoms with Gasteiger partial charge in [0.05, 0.1) is 18.2 Å². The van der Waals surface area contributed by atoms with Crippen LogP contribution in [-0.2, 0) is 24.4 Å². The van der Waals surface area contributed by atoms with Crippen molar-refractivity contribution in [3.63, 3.8) is 0 Å². The number of benzene rings is 1. The first kappa shape index (κ1) is 18.1. The molecule has 1 aromatic carbocycles. The lowest BCUT2D eigenvalue weighted by atomic mass is 9.75. The average molecular weight is 368 g/mol. The molecule has 3 saturated heterocycles. The Morgan fingerprint density at radius 1 is 1.26 bits per heavy atom. The van der Waals surface area contributed by atoms with E-state index >= 15 is 0 Å². The molecule has 27 heavy (non-hydrogen) atoms. The standard InChI is InChI=1S/C20H28N6O/c1-21-11-17-12-26(24-23-17)13-18-9-16-7-8-25(18)14-19(16)20(27)22-10-15-5-3-2-4-6-15/h2-6,12,16,18-19,21H,7-11,13-14H2,1H3,(H,22,27). The van der Waals surface area contributed by atoms with Gasteiger partial charge in [0.1, 0.15) is 0 Å². The Bertz CT molecular complexity index is 761. The zero-order valence-electron chi connectivity index (χ0n) is 15.8. The van der Waals surface area contributed by atoms with Crippen LogP contribution in [0.1, 0.15) is 24.1 Å². The second-order valence-electron chi connectivity index (χ2n) is 7.71. The van der Waals surface area contributed by atoms with Gasteiger partial charge in [0, 0.05) is 31.9 Å². The highest BCUT2D eigenvalue weighted by Gasteiger charge is 2.43.